The van der Waals surface area contributed by atoms with Gasteiger partial charge in [0.05, 0.1) is 0 Å². The Morgan fingerprint density at radius 2 is 2.37 bits per heavy atom. The van der Waals surface area contributed by atoms with Gasteiger partial charge in [0.2, 0.25) is 5.91 Å². The zero-order valence-corrected chi connectivity index (χ0v) is 12.5. The Kier molecular flexibility index (Phi) is 5.86. The maximum atomic E-state index is 11.9. The fourth-order valence-corrected chi connectivity index (χ4v) is 3.35. The molecule has 0 saturated carbocycles. The molecule has 1 fully saturated rings. The van der Waals surface area contributed by atoms with Gasteiger partial charge in [-0.1, -0.05) is 13.0 Å². The van der Waals surface area contributed by atoms with E-state index < -0.39 is 0 Å². The fourth-order valence-electron chi connectivity index (χ4n) is 2.66. The lowest BCUT2D eigenvalue weighted by Crippen LogP contribution is -2.36. The van der Waals surface area contributed by atoms with Crippen LogP contribution >= 0.6 is 11.3 Å². The first-order valence-corrected chi connectivity index (χ1v) is 8.21. The molecule has 0 radical (unpaired) electrons. The Morgan fingerprint density at radius 1 is 1.47 bits per heavy atom. The Labute approximate surface area is 120 Å². The van der Waals surface area contributed by atoms with Gasteiger partial charge in [-0.05, 0) is 50.2 Å². The van der Waals surface area contributed by atoms with Crippen LogP contribution in [0.5, 0.6) is 0 Å². The van der Waals surface area contributed by atoms with E-state index in [4.69, 9.17) is 0 Å². The molecule has 1 unspecified atom stereocenters. The highest BCUT2D eigenvalue weighted by Crippen LogP contribution is 2.22. The monoisotopic (exact) mass is 280 g/mol. The van der Waals surface area contributed by atoms with Crippen LogP contribution in [0.15, 0.2) is 17.5 Å². The molecule has 1 N–H and O–H groups in total. The van der Waals surface area contributed by atoms with Crippen molar-refractivity contribution in [2.24, 2.45) is 0 Å². The third kappa shape index (κ3) is 4.32. The lowest BCUT2D eigenvalue weighted by atomic mass is 10.1. The van der Waals surface area contributed by atoms with E-state index in [0.717, 1.165) is 45.3 Å². The molecule has 0 aromatic carbocycles. The number of hydrogen-bond acceptors (Lipinski definition) is 3. The van der Waals surface area contributed by atoms with Crippen LogP contribution in [-0.4, -0.2) is 36.5 Å². The molecule has 1 amide bonds. The third-order valence-corrected chi connectivity index (χ3v) is 4.65. The van der Waals surface area contributed by atoms with Crippen LogP contribution in [0, 0.1) is 0 Å². The van der Waals surface area contributed by atoms with E-state index in [-0.39, 0.29) is 0 Å². The molecule has 1 atom stereocenters. The number of nitrogens with one attached hydrogen (secondary N) is 1. The molecule has 1 aromatic heterocycles. The average molecular weight is 280 g/mol. The molecule has 4 heteroatoms. The summed E-state index contributed by atoms with van der Waals surface area (Å²) in [5.41, 5.74) is 0. The van der Waals surface area contributed by atoms with Crippen molar-refractivity contribution in [3.05, 3.63) is 22.4 Å². The zero-order valence-electron chi connectivity index (χ0n) is 11.7. The highest BCUT2D eigenvalue weighted by molar-refractivity contribution is 7.09. The zero-order chi connectivity index (χ0) is 13.5. The third-order valence-electron chi connectivity index (χ3n) is 3.71. The Morgan fingerprint density at radius 3 is 3.11 bits per heavy atom. The summed E-state index contributed by atoms with van der Waals surface area (Å²) in [4.78, 5) is 15.4. The molecular formula is C15H24N2OS. The first-order chi connectivity index (χ1) is 9.31. The van der Waals surface area contributed by atoms with Gasteiger partial charge in [-0.2, -0.15) is 0 Å². The summed E-state index contributed by atoms with van der Waals surface area (Å²) in [6, 6.07) is 4.69. The summed E-state index contributed by atoms with van der Waals surface area (Å²) in [7, 11) is 0. The van der Waals surface area contributed by atoms with E-state index in [2.05, 4.69) is 34.7 Å². The van der Waals surface area contributed by atoms with Gasteiger partial charge in [0, 0.05) is 23.9 Å². The molecule has 0 bridgehead atoms. The molecule has 1 aromatic rings. The summed E-state index contributed by atoms with van der Waals surface area (Å²) in [6.45, 7) is 5.17. The summed E-state index contributed by atoms with van der Waals surface area (Å²) < 4.78 is 0. The van der Waals surface area contributed by atoms with Crippen LogP contribution in [0.4, 0.5) is 0 Å². The van der Waals surface area contributed by atoms with Crippen LogP contribution < -0.4 is 5.32 Å². The predicted molar refractivity (Wildman–Crippen MR) is 80.5 cm³/mol. The summed E-state index contributed by atoms with van der Waals surface area (Å²) in [5.74, 6) is 0.344. The van der Waals surface area contributed by atoms with Crippen molar-refractivity contribution >= 4 is 17.2 Å². The lowest BCUT2D eigenvalue weighted by Gasteiger charge is -2.24. The van der Waals surface area contributed by atoms with E-state index in [0.29, 0.717) is 11.9 Å². The summed E-state index contributed by atoms with van der Waals surface area (Å²) >= 11 is 1.78. The smallest absolute Gasteiger partial charge is 0.222 e. The molecule has 0 spiro atoms. The van der Waals surface area contributed by atoms with Gasteiger partial charge in [-0.3, -0.25) is 4.79 Å². The Bertz CT molecular complexity index is 378. The highest BCUT2D eigenvalue weighted by Gasteiger charge is 2.29. The van der Waals surface area contributed by atoms with Crippen molar-refractivity contribution in [3.63, 3.8) is 0 Å². The van der Waals surface area contributed by atoms with Crippen molar-refractivity contribution in [1.82, 2.24) is 10.2 Å². The largest absolute Gasteiger partial charge is 0.339 e. The first kappa shape index (κ1) is 14.5. The van der Waals surface area contributed by atoms with Gasteiger partial charge in [-0.15, -0.1) is 11.3 Å². The number of rotatable bonds is 8. The van der Waals surface area contributed by atoms with Crippen molar-refractivity contribution in [2.75, 3.05) is 19.6 Å². The minimum atomic E-state index is 0.344. The SMILES string of the molecule is CCCNCCC1CCC(=O)N1CCc1cccs1. The fraction of sp³-hybridized carbons (Fsp3) is 0.667. The second kappa shape index (κ2) is 7.65. The van der Waals surface area contributed by atoms with Crippen LogP contribution in [0.1, 0.15) is 37.5 Å². The topological polar surface area (TPSA) is 32.3 Å². The second-order valence-corrected chi connectivity index (χ2v) is 6.18. The quantitative estimate of drug-likeness (QED) is 0.743. The van der Waals surface area contributed by atoms with Crippen molar-refractivity contribution in [3.8, 4) is 0 Å². The molecule has 2 heterocycles. The van der Waals surface area contributed by atoms with Crippen molar-refractivity contribution in [1.29, 1.82) is 0 Å². The minimum Gasteiger partial charge on any atom is -0.339 e. The second-order valence-electron chi connectivity index (χ2n) is 5.15. The van der Waals surface area contributed by atoms with E-state index in [1.807, 2.05) is 0 Å². The van der Waals surface area contributed by atoms with E-state index >= 15 is 0 Å². The van der Waals surface area contributed by atoms with Gasteiger partial charge in [-0.25, -0.2) is 0 Å². The van der Waals surface area contributed by atoms with Gasteiger partial charge in [0.15, 0.2) is 0 Å². The van der Waals surface area contributed by atoms with Gasteiger partial charge in [0.25, 0.3) is 0 Å². The number of likely N-dealkylation sites (tertiary alicyclic amines) is 1. The molecule has 106 valence electrons. The van der Waals surface area contributed by atoms with Crippen LogP contribution in [0.3, 0.4) is 0 Å². The standard InChI is InChI=1S/C15H24N2OS/c1-2-9-16-10-7-13-5-6-15(18)17(13)11-8-14-4-3-12-19-14/h3-4,12-13,16H,2,5-11H2,1H3. The first-order valence-electron chi connectivity index (χ1n) is 7.34. The average Bonchev–Trinajstić information content (AvgIpc) is 3.03. The normalized spacial score (nSPS) is 19.3. The number of hydrogen-bond donors (Lipinski definition) is 1. The van der Waals surface area contributed by atoms with Gasteiger partial charge < -0.3 is 10.2 Å². The van der Waals surface area contributed by atoms with Crippen molar-refractivity contribution < 1.29 is 4.79 Å². The molecular weight excluding hydrogens is 256 g/mol. The number of amides is 1. The molecule has 2 rings (SSSR count). The maximum Gasteiger partial charge on any atom is 0.222 e. The number of carbonyl (C=O) groups is 1. The van der Waals surface area contributed by atoms with Crippen LogP contribution in [0.25, 0.3) is 0 Å². The highest BCUT2D eigenvalue weighted by atomic mass is 32.1. The molecule has 1 aliphatic heterocycles. The van der Waals surface area contributed by atoms with Gasteiger partial charge >= 0.3 is 0 Å². The molecule has 1 aliphatic rings. The van der Waals surface area contributed by atoms with Crippen LogP contribution in [-0.2, 0) is 11.2 Å². The molecule has 0 aliphatic carbocycles. The summed E-state index contributed by atoms with van der Waals surface area (Å²) in [5, 5.41) is 5.54. The van der Waals surface area contributed by atoms with Crippen molar-refractivity contribution in [2.45, 2.75) is 45.1 Å². The summed E-state index contributed by atoms with van der Waals surface area (Å²) in [6.07, 6.45) is 5.05. The number of carbonyl (C=O) groups excluding carboxylic acids is 1. The van der Waals surface area contributed by atoms with Crippen LogP contribution in [0.2, 0.25) is 0 Å². The number of thiophene rings is 1. The van der Waals surface area contributed by atoms with Gasteiger partial charge in [0.1, 0.15) is 0 Å². The maximum absolute atomic E-state index is 11.9. The number of nitrogens with zero attached hydrogens (tertiary/aromatic N) is 1. The molecule has 3 nitrogen and oxygen atoms in total. The predicted octanol–water partition coefficient (Wildman–Crippen LogP) is 2.67. The Balaban J connectivity index is 1.76. The van der Waals surface area contributed by atoms with E-state index in [1.165, 1.54) is 11.3 Å². The van der Waals surface area contributed by atoms with E-state index in [1.54, 1.807) is 11.3 Å². The van der Waals surface area contributed by atoms with E-state index in [9.17, 15) is 4.79 Å². The minimum absolute atomic E-state index is 0.344. The molecule has 19 heavy (non-hydrogen) atoms. The lowest BCUT2D eigenvalue weighted by molar-refractivity contribution is -0.128. The molecule has 1 saturated heterocycles. The Hall–Kier alpha value is -0.870.